The highest BCUT2D eigenvalue weighted by Gasteiger charge is 2.40. The molecule has 4 heteroatoms. The molecule has 0 rings (SSSR count). The van der Waals surface area contributed by atoms with E-state index in [0.717, 1.165) is 12.8 Å². The average molecular weight is 186 g/mol. The molecule has 0 radical (unpaired) electrons. The van der Waals surface area contributed by atoms with Crippen molar-refractivity contribution in [2.75, 3.05) is 0 Å². The van der Waals surface area contributed by atoms with Crippen molar-refractivity contribution in [1.82, 2.24) is 0 Å². The van der Waals surface area contributed by atoms with Gasteiger partial charge >= 0.3 is 0 Å². The molecular weight excluding hydrogens is 176 g/mol. The van der Waals surface area contributed by atoms with Crippen LogP contribution in [0.5, 0.6) is 0 Å². The van der Waals surface area contributed by atoms with Gasteiger partial charge in [0.25, 0.3) is 0 Å². The standard InChI is InChI=1S/C10H10N4/c1-2-3-4-9(5-11)10(6-12,7-13)8-14/h9H,2-4H2,1H3. The molecule has 14 heavy (non-hydrogen) atoms. The second-order valence-corrected chi connectivity index (χ2v) is 2.97. The fraction of sp³-hybridized carbons (Fsp3) is 0.600. The Morgan fingerprint density at radius 2 is 1.57 bits per heavy atom. The van der Waals surface area contributed by atoms with E-state index in [1.807, 2.05) is 13.0 Å². The van der Waals surface area contributed by atoms with E-state index in [-0.39, 0.29) is 0 Å². The minimum atomic E-state index is -1.80. The monoisotopic (exact) mass is 186 g/mol. The summed E-state index contributed by atoms with van der Waals surface area (Å²) >= 11 is 0. The first kappa shape index (κ1) is 12.0. The van der Waals surface area contributed by atoms with E-state index in [1.165, 1.54) is 0 Å². The van der Waals surface area contributed by atoms with Crippen molar-refractivity contribution < 1.29 is 0 Å². The van der Waals surface area contributed by atoms with Crippen LogP contribution < -0.4 is 0 Å². The Hall–Kier alpha value is -2.04. The van der Waals surface area contributed by atoms with Gasteiger partial charge in [0.15, 0.2) is 0 Å². The summed E-state index contributed by atoms with van der Waals surface area (Å²) in [5.41, 5.74) is -1.80. The normalized spacial score (nSPS) is 11.5. The molecule has 70 valence electrons. The number of nitrogens with zero attached hydrogens (tertiary/aromatic N) is 4. The molecule has 0 saturated heterocycles. The topological polar surface area (TPSA) is 95.2 Å². The second kappa shape index (κ2) is 5.58. The number of hydrogen-bond donors (Lipinski definition) is 0. The van der Waals surface area contributed by atoms with Crippen LogP contribution in [0.1, 0.15) is 26.2 Å². The van der Waals surface area contributed by atoms with Gasteiger partial charge in [-0.05, 0) is 6.42 Å². The maximum absolute atomic E-state index is 8.78. The van der Waals surface area contributed by atoms with E-state index in [9.17, 15) is 0 Å². The van der Waals surface area contributed by atoms with E-state index in [0.29, 0.717) is 6.42 Å². The van der Waals surface area contributed by atoms with E-state index >= 15 is 0 Å². The summed E-state index contributed by atoms with van der Waals surface area (Å²) in [4.78, 5) is 0. The summed E-state index contributed by atoms with van der Waals surface area (Å²) in [5.74, 6) is -0.817. The zero-order chi connectivity index (χ0) is 11.0. The number of rotatable bonds is 4. The SMILES string of the molecule is CCCCC(C#N)C(C#N)(C#N)C#N. The smallest absolute Gasteiger partial charge is 0.198 e. The Balaban J connectivity index is 4.86. The van der Waals surface area contributed by atoms with Crippen LogP contribution in [0.2, 0.25) is 0 Å². The van der Waals surface area contributed by atoms with Gasteiger partial charge in [0.2, 0.25) is 5.41 Å². The van der Waals surface area contributed by atoms with Gasteiger partial charge in [0, 0.05) is 0 Å². The Bertz CT molecular complexity index is 308. The molecule has 1 unspecified atom stereocenters. The van der Waals surface area contributed by atoms with Gasteiger partial charge in [0.05, 0.1) is 12.0 Å². The lowest BCUT2D eigenvalue weighted by atomic mass is 9.77. The van der Waals surface area contributed by atoms with Crippen molar-refractivity contribution in [2.45, 2.75) is 26.2 Å². The summed E-state index contributed by atoms with van der Waals surface area (Å²) < 4.78 is 0. The molecule has 0 amide bonds. The second-order valence-electron chi connectivity index (χ2n) is 2.97. The lowest BCUT2D eigenvalue weighted by molar-refractivity contribution is 0.440. The minimum absolute atomic E-state index is 0.418. The van der Waals surface area contributed by atoms with Crippen LogP contribution in [0.3, 0.4) is 0 Å². The highest BCUT2D eigenvalue weighted by atomic mass is 14.5. The number of unbranched alkanes of at least 4 members (excludes halogenated alkanes) is 1. The molecule has 0 aliphatic carbocycles. The molecule has 0 spiro atoms. The molecule has 4 nitrogen and oxygen atoms in total. The molecule has 0 fully saturated rings. The molecule has 0 aromatic heterocycles. The van der Waals surface area contributed by atoms with Crippen molar-refractivity contribution in [2.24, 2.45) is 11.3 Å². The summed E-state index contributed by atoms with van der Waals surface area (Å²) in [5, 5.41) is 35.0. The fourth-order valence-corrected chi connectivity index (χ4v) is 1.09. The van der Waals surface area contributed by atoms with Gasteiger partial charge in [-0.3, -0.25) is 0 Å². The van der Waals surface area contributed by atoms with Crippen molar-refractivity contribution in [3.8, 4) is 24.3 Å². The summed E-state index contributed by atoms with van der Waals surface area (Å²) in [6, 6.07) is 6.75. The third-order valence-corrected chi connectivity index (χ3v) is 2.05. The molecule has 0 aromatic carbocycles. The lowest BCUT2D eigenvalue weighted by Gasteiger charge is -2.15. The van der Waals surface area contributed by atoms with Crippen molar-refractivity contribution in [3.05, 3.63) is 0 Å². The van der Waals surface area contributed by atoms with Crippen LogP contribution in [-0.2, 0) is 0 Å². The first-order valence-corrected chi connectivity index (χ1v) is 4.34. The summed E-state index contributed by atoms with van der Waals surface area (Å²) in [6.07, 6.45) is 2.03. The van der Waals surface area contributed by atoms with Crippen LogP contribution in [-0.4, -0.2) is 0 Å². The molecule has 0 bridgehead atoms. The van der Waals surface area contributed by atoms with Crippen LogP contribution in [0.25, 0.3) is 0 Å². The van der Waals surface area contributed by atoms with Crippen LogP contribution in [0.4, 0.5) is 0 Å². The first-order chi connectivity index (χ1) is 6.70. The van der Waals surface area contributed by atoms with Crippen LogP contribution in [0.15, 0.2) is 0 Å². The van der Waals surface area contributed by atoms with Gasteiger partial charge in [0.1, 0.15) is 18.2 Å². The third kappa shape index (κ3) is 2.22. The van der Waals surface area contributed by atoms with E-state index < -0.39 is 11.3 Å². The first-order valence-electron chi connectivity index (χ1n) is 4.34. The quantitative estimate of drug-likeness (QED) is 0.669. The fourth-order valence-electron chi connectivity index (χ4n) is 1.09. The molecule has 0 aliphatic heterocycles. The van der Waals surface area contributed by atoms with E-state index in [1.54, 1.807) is 18.2 Å². The number of nitriles is 4. The Morgan fingerprint density at radius 1 is 1.07 bits per heavy atom. The predicted molar refractivity (Wildman–Crippen MR) is 47.9 cm³/mol. The maximum atomic E-state index is 8.78. The average Bonchev–Trinajstić information content (AvgIpc) is 2.25. The summed E-state index contributed by atoms with van der Waals surface area (Å²) in [7, 11) is 0. The largest absolute Gasteiger partial charge is 0.244 e. The maximum Gasteiger partial charge on any atom is 0.244 e. The Kier molecular flexibility index (Phi) is 4.77. The van der Waals surface area contributed by atoms with Gasteiger partial charge in [-0.2, -0.15) is 21.0 Å². The van der Waals surface area contributed by atoms with Crippen molar-refractivity contribution >= 4 is 0 Å². The summed E-state index contributed by atoms with van der Waals surface area (Å²) in [6.45, 7) is 1.95. The van der Waals surface area contributed by atoms with Gasteiger partial charge in [-0.15, -0.1) is 0 Å². The molecular formula is C10H10N4. The van der Waals surface area contributed by atoms with E-state index in [4.69, 9.17) is 21.0 Å². The van der Waals surface area contributed by atoms with Crippen molar-refractivity contribution in [1.29, 1.82) is 21.0 Å². The Labute approximate surface area is 83.6 Å². The zero-order valence-electron chi connectivity index (χ0n) is 7.99. The van der Waals surface area contributed by atoms with Crippen molar-refractivity contribution in [3.63, 3.8) is 0 Å². The van der Waals surface area contributed by atoms with E-state index in [2.05, 4.69) is 0 Å². The molecule has 0 aromatic rings. The molecule has 0 heterocycles. The molecule has 0 saturated carbocycles. The zero-order valence-corrected chi connectivity index (χ0v) is 7.99. The lowest BCUT2D eigenvalue weighted by Crippen LogP contribution is -2.24. The highest BCUT2D eigenvalue weighted by Crippen LogP contribution is 2.29. The van der Waals surface area contributed by atoms with Crippen LogP contribution in [0, 0.1) is 56.7 Å². The third-order valence-electron chi connectivity index (χ3n) is 2.05. The van der Waals surface area contributed by atoms with Crippen LogP contribution >= 0.6 is 0 Å². The number of hydrogen-bond acceptors (Lipinski definition) is 4. The minimum Gasteiger partial charge on any atom is -0.198 e. The van der Waals surface area contributed by atoms with Gasteiger partial charge in [-0.25, -0.2) is 0 Å². The Morgan fingerprint density at radius 3 is 1.86 bits per heavy atom. The molecule has 0 aliphatic rings. The van der Waals surface area contributed by atoms with Gasteiger partial charge < -0.3 is 0 Å². The van der Waals surface area contributed by atoms with Gasteiger partial charge in [-0.1, -0.05) is 19.8 Å². The molecule has 0 N–H and O–H groups in total. The molecule has 1 atom stereocenters. The highest BCUT2D eigenvalue weighted by molar-refractivity contribution is 5.30. The predicted octanol–water partition coefficient (Wildman–Crippen LogP) is 1.87.